The van der Waals surface area contributed by atoms with Crippen LogP contribution >= 0.6 is 0 Å². The highest BCUT2D eigenvalue weighted by atomic mass is 19.1. The van der Waals surface area contributed by atoms with E-state index in [0.717, 1.165) is 0 Å². The van der Waals surface area contributed by atoms with Gasteiger partial charge in [-0.25, -0.2) is 4.39 Å². The van der Waals surface area contributed by atoms with E-state index >= 15 is 0 Å². The minimum atomic E-state index is -0.408. The Morgan fingerprint density at radius 1 is 1.50 bits per heavy atom. The van der Waals surface area contributed by atoms with Crippen molar-refractivity contribution < 1.29 is 13.9 Å². The molecule has 1 rings (SSSR count). The van der Waals surface area contributed by atoms with Gasteiger partial charge in [-0.2, -0.15) is 0 Å². The van der Waals surface area contributed by atoms with E-state index in [1.54, 1.807) is 25.1 Å². The number of nitrogens with two attached hydrogens (primary N) is 1. The first kappa shape index (κ1) is 14.6. The molecule has 4 nitrogen and oxygen atoms in total. The fraction of sp³-hybridized carbons (Fsp3) is 0.462. The molecule has 0 bridgehead atoms. The van der Waals surface area contributed by atoms with Crippen LogP contribution in [0.25, 0.3) is 0 Å². The SMILES string of the molecule is CCN(C(=O)CC(CN)OC)c1ccccc1F. The third-order valence-corrected chi connectivity index (χ3v) is 2.76. The number of anilines is 1. The summed E-state index contributed by atoms with van der Waals surface area (Å²) in [5.74, 6) is -0.602. The normalized spacial score (nSPS) is 12.2. The van der Waals surface area contributed by atoms with Crippen molar-refractivity contribution in [3.8, 4) is 0 Å². The molecule has 1 aromatic carbocycles. The van der Waals surface area contributed by atoms with Crippen molar-refractivity contribution in [3.63, 3.8) is 0 Å². The average molecular weight is 254 g/mol. The topological polar surface area (TPSA) is 55.6 Å². The second-order valence-electron chi connectivity index (χ2n) is 3.89. The van der Waals surface area contributed by atoms with Gasteiger partial charge in [-0.15, -0.1) is 0 Å². The summed E-state index contributed by atoms with van der Waals surface area (Å²) in [6.45, 7) is 2.46. The summed E-state index contributed by atoms with van der Waals surface area (Å²) in [4.78, 5) is 13.5. The quantitative estimate of drug-likeness (QED) is 0.837. The number of rotatable bonds is 6. The molecule has 1 aromatic rings. The van der Waals surface area contributed by atoms with Crippen LogP contribution in [0.5, 0.6) is 0 Å². The number of amides is 1. The third-order valence-electron chi connectivity index (χ3n) is 2.76. The van der Waals surface area contributed by atoms with E-state index in [-0.39, 0.29) is 30.7 Å². The number of para-hydroxylation sites is 1. The Labute approximate surface area is 107 Å². The predicted molar refractivity (Wildman–Crippen MR) is 68.9 cm³/mol. The van der Waals surface area contributed by atoms with Gasteiger partial charge in [0.1, 0.15) is 5.82 Å². The molecule has 0 radical (unpaired) electrons. The monoisotopic (exact) mass is 254 g/mol. The second-order valence-corrected chi connectivity index (χ2v) is 3.89. The number of ether oxygens (including phenoxy) is 1. The zero-order valence-electron chi connectivity index (χ0n) is 10.7. The third kappa shape index (κ3) is 3.51. The number of hydrogen-bond acceptors (Lipinski definition) is 3. The Morgan fingerprint density at radius 3 is 2.67 bits per heavy atom. The number of halogens is 1. The molecule has 1 unspecified atom stereocenters. The molecule has 0 saturated carbocycles. The lowest BCUT2D eigenvalue weighted by molar-refractivity contribution is -0.120. The molecular formula is C13H19FN2O2. The van der Waals surface area contributed by atoms with Crippen LogP contribution in [0, 0.1) is 5.82 Å². The maximum absolute atomic E-state index is 13.6. The predicted octanol–water partition coefficient (Wildman–Crippen LogP) is 1.54. The Morgan fingerprint density at radius 2 is 2.17 bits per heavy atom. The summed E-state index contributed by atoms with van der Waals surface area (Å²) in [6.07, 6.45) is -0.187. The smallest absolute Gasteiger partial charge is 0.229 e. The van der Waals surface area contributed by atoms with Crippen molar-refractivity contribution in [1.29, 1.82) is 0 Å². The van der Waals surface area contributed by atoms with E-state index in [0.29, 0.717) is 6.54 Å². The maximum atomic E-state index is 13.6. The zero-order chi connectivity index (χ0) is 13.5. The van der Waals surface area contributed by atoms with E-state index in [1.807, 2.05) is 0 Å². The van der Waals surface area contributed by atoms with Crippen molar-refractivity contribution in [2.75, 3.05) is 25.1 Å². The van der Waals surface area contributed by atoms with Crippen LogP contribution in [0.3, 0.4) is 0 Å². The molecule has 18 heavy (non-hydrogen) atoms. The van der Waals surface area contributed by atoms with Gasteiger partial charge in [-0.1, -0.05) is 12.1 Å². The zero-order valence-corrected chi connectivity index (χ0v) is 10.7. The van der Waals surface area contributed by atoms with E-state index in [1.165, 1.54) is 18.1 Å². The van der Waals surface area contributed by atoms with Gasteiger partial charge in [0.25, 0.3) is 0 Å². The Hall–Kier alpha value is -1.46. The van der Waals surface area contributed by atoms with Gasteiger partial charge in [-0.3, -0.25) is 4.79 Å². The summed E-state index contributed by atoms with van der Waals surface area (Å²) < 4.78 is 18.7. The summed E-state index contributed by atoms with van der Waals surface area (Å²) in [5.41, 5.74) is 5.76. The first-order valence-corrected chi connectivity index (χ1v) is 5.91. The molecule has 0 spiro atoms. The van der Waals surface area contributed by atoms with Crippen LogP contribution in [-0.2, 0) is 9.53 Å². The number of carbonyl (C=O) groups is 1. The van der Waals surface area contributed by atoms with Gasteiger partial charge < -0.3 is 15.4 Å². The van der Waals surface area contributed by atoms with Crippen molar-refractivity contribution >= 4 is 11.6 Å². The minimum Gasteiger partial charge on any atom is -0.380 e. The molecule has 100 valence electrons. The fourth-order valence-electron chi connectivity index (χ4n) is 1.72. The first-order chi connectivity index (χ1) is 8.63. The summed E-state index contributed by atoms with van der Waals surface area (Å²) in [5, 5.41) is 0. The highest BCUT2D eigenvalue weighted by Gasteiger charge is 2.20. The van der Waals surface area contributed by atoms with Crippen molar-refractivity contribution in [2.45, 2.75) is 19.4 Å². The van der Waals surface area contributed by atoms with Gasteiger partial charge in [0.15, 0.2) is 0 Å². The molecule has 2 N–H and O–H groups in total. The van der Waals surface area contributed by atoms with Gasteiger partial charge in [0, 0.05) is 20.2 Å². The molecule has 1 amide bonds. The molecule has 0 aliphatic carbocycles. The first-order valence-electron chi connectivity index (χ1n) is 5.91. The average Bonchev–Trinajstić information content (AvgIpc) is 2.39. The standard InChI is InChI=1S/C13H19FN2O2/c1-3-16(12-7-5-4-6-11(12)14)13(17)8-10(9-15)18-2/h4-7,10H,3,8-9,15H2,1-2H3. The van der Waals surface area contributed by atoms with Crippen molar-refractivity contribution in [3.05, 3.63) is 30.1 Å². The Balaban J connectivity index is 2.84. The van der Waals surface area contributed by atoms with Crippen LogP contribution in [0.2, 0.25) is 0 Å². The van der Waals surface area contributed by atoms with Crippen molar-refractivity contribution in [2.24, 2.45) is 5.73 Å². The van der Waals surface area contributed by atoms with Crippen LogP contribution < -0.4 is 10.6 Å². The van der Waals surface area contributed by atoms with E-state index in [4.69, 9.17) is 10.5 Å². The lowest BCUT2D eigenvalue weighted by atomic mass is 10.2. The van der Waals surface area contributed by atoms with Crippen LogP contribution in [0.15, 0.2) is 24.3 Å². The molecule has 0 fully saturated rings. The van der Waals surface area contributed by atoms with Crippen LogP contribution in [-0.4, -0.2) is 32.2 Å². The van der Waals surface area contributed by atoms with E-state index in [2.05, 4.69) is 0 Å². The number of benzene rings is 1. The number of hydrogen-bond donors (Lipinski definition) is 1. The minimum absolute atomic E-state index is 0.148. The van der Waals surface area contributed by atoms with Crippen molar-refractivity contribution in [1.82, 2.24) is 0 Å². The van der Waals surface area contributed by atoms with Gasteiger partial charge >= 0.3 is 0 Å². The number of nitrogens with zero attached hydrogens (tertiary/aromatic N) is 1. The molecule has 1 atom stereocenters. The highest BCUT2D eigenvalue weighted by Crippen LogP contribution is 2.19. The summed E-state index contributed by atoms with van der Waals surface area (Å²) in [6, 6.07) is 6.21. The van der Waals surface area contributed by atoms with Crippen LogP contribution in [0.4, 0.5) is 10.1 Å². The van der Waals surface area contributed by atoms with E-state index < -0.39 is 5.82 Å². The molecule has 0 aliphatic rings. The molecule has 0 heterocycles. The largest absolute Gasteiger partial charge is 0.380 e. The molecule has 5 heteroatoms. The Kier molecular flexibility index (Phi) is 5.74. The van der Waals surface area contributed by atoms with Crippen LogP contribution in [0.1, 0.15) is 13.3 Å². The summed E-state index contributed by atoms with van der Waals surface area (Å²) >= 11 is 0. The summed E-state index contributed by atoms with van der Waals surface area (Å²) in [7, 11) is 1.50. The molecule has 0 aliphatic heterocycles. The lowest BCUT2D eigenvalue weighted by Gasteiger charge is -2.23. The van der Waals surface area contributed by atoms with Gasteiger partial charge in [-0.05, 0) is 19.1 Å². The fourth-order valence-corrected chi connectivity index (χ4v) is 1.72. The molecular weight excluding hydrogens is 235 g/mol. The second kappa shape index (κ2) is 7.08. The van der Waals surface area contributed by atoms with Gasteiger partial charge in [0.05, 0.1) is 18.2 Å². The molecule has 0 saturated heterocycles. The Bertz CT molecular complexity index is 394. The number of methoxy groups -OCH3 is 1. The highest BCUT2D eigenvalue weighted by molar-refractivity contribution is 5.93. The molecule has 0 aromatic heterocycles. The van der Waals surface area contributed by atoms with Gasteiger partial charge in [0.2, 0.25) is 5.91 Å². The number of carbonyl (C=O) groups excluding carboxylic acids is 1. The lowest BCUT2D eigenvalue weighted by Crippen LogP contribution is -2.36. The van der Waals surface area contributed by atoms with E-state index in [9.17, 15) is 9.18 Å². The maximum Gasteiger partial charge on any atom is 0.229 e.